The number of amides is 4. The van der Waals surface area contributed by atoms with E-state index >= 15 is 0 Å². The summed E-state index contributed by atoms with van der Waals surface area (Å²) in [6.07, 6.45) is 3.38. The van der Waals surface area contributed by atoms with Crippen molar-refractivity contribution < 1.29 is 23.9 Å². The van der Waals surface area contributed by atoms with Crippen molar-refractivity contribution >= 4 is 63.6 Å². The number of benzene rings is 4. The summed E-state index contributed by atoms with van der Waals surface area (Å²) in [5.74, 6) is -0.495. The lowest BCUT2D eigenvalue weighted by Gasteiger charge is -2.26. The van der Waals surface area contributed by atoms with Crippen molar-refractivity contribution in [3.63, 3.8) is 0 Å². The molecule has 0 spiro atoms. The maximum absolute atomic E-state index is 13.6. The monoisotopic (exact) mass is 588 g/mol. The average molecular weight is 589 g/mol. The molecule has 0 radical (unpaired) electrons. The number of hydrogen-bond donors (Lipinski definition) is 1. The quantitative estimate of drug-likeness (QED) is 0.124. The van der Waals surface area contributed by atoms with Gasteiger partial charge in [0.25, 0.3) is 11.8 Å². The number of imide groups is 2. The molecule has 1 saturated heterocycles. The Balaban J connectivity index is 1.50. The molecule has 9 heteroatoms. The van der Waals surface area contributed by atoms with Gasteiger partial charge in [-0.3, -0.25) is 14.9 Å². The van der Waals surface area contributed by atoms with Crippen LogP contribution in [0.5, 0.6) is 11.5 Å². The number of unbranched alkanes of at least 4 members (excludes halogenated alkanes) is 1. The molecule has 0 aromatic heterocycles. The van der Waals surface area contributed by atoms with Gasteiger partial charge in [0.2, 0.25) is 0 Å². The topological polar surface area (TPSA) is 84.9 Å². The summed E-state index contributed by atoms with van der Waals surface area (Å²) in [6.45, 7) is 2.77. The summed E-state index contributed by atoms with van der Waals surface area (Å²) >= 11 is 12.4. The van der Waals surface area contributed by atoms with Crippen LogP contribution in [0.2, 0.25) is 10.0 Å². The van der Waals surface area contributed by atoms with Gasteiger partial charge < -0.3 is 9.47 Å². The predicted octanol–water partition coefficient (Wildman–Crippen LogP) is 7.57. The number of carbonyl (C=O) groups excluding carboxylic acids is 3. The van der Waals surface area contributed by atoms with E-state index in [9.17, 15) is 14.4 Å². The molecule has 4 aromatic rings. The number of nitrogens with zero attached hydrogens (tertiary/aromatic N) is 1. The van der Waals surface area contributed by atoms with E-state index in [0.29, 0.717) is 45.0 Å². The van der Waals surface area contributed by atoms with Crippen molar-refractivity contribution in [2.45, 2.75) is 26.4 Å². The molecule has 41 heavy (non-hydrogen) atoms. The zero-order valence-electron chi connectivity index (χ0n) is 22.2. The third kappa shape index (κ3) is 6.21. The second kappa shape index (κ2) is 12.5. The first-order valence-electron chi connectivity index (χ1n) is 13.1. The molecule has 208 valence electrons. The molecule has 1 aliphatic heterocycles. The summed E-state index contributed by atoms with van der Waals surface area (Å²) in [6, 6.07) is 22.1. The van der Waals surface area contributed by atoms with Gasteiger partial charge in [-0.1, -0.05) is 72.9 Å². The first-order valence-corrected chi connectivity index (χ1v) is 13.8. The minimum atomic E-state index is -0.830. The van der Waals surface area contributed by atoms with Gasteiger partial charge in [0.15, 0.2) is 0 Å². The average Bonchev–Trinajstić information content (AvgIpc) is 2.96. The highest BCUT2D eigenvalue weighted by atomic mass is 35.5. The fraction of sp³-hybridized carbons (Fsp3) is 0.156. The summed E-state index contributed by atoms with van der Waals surface area (Å²) in [4.78, 5) is 40.3. The number of hydrogen-bond acceptors (Lipinski definition) is 5. The van der Waals surface area contributed by atoms with Crippen LogP contribution in [0.15, 0.2) is 84.4 Å². The number of fused-ring (bicyclic) bond motifs is 1. The van der Waals surface area contributed by atoms with Crippen molar-refractivity contribution in [1.82, 2.24) is 5.32 Å². The van der Waals surface area contributed by atoms with Crippen LogP contribution in [-0.2, 0) is 16.2 Å². The summed E-state index contributed by atoms with van der Waals surface area (Å²) in [5, 5.41) is 4.89. The highest BCUT2D eigenvalue weighted by Gasteiger charge is 2.37. The Hall–Kier alpha value is -4.33. The Morgan fingerprint density at radius 3 is 2.44 bits per heavy atom. The Morgan fingerprint density at radius 2 is 1.68 bits per heavy atom. The van der Waals surface area contributed by atoms with Crippen LogP contribution in [0.3, 0.4) is 0 Å². The normalized spacial score (nSPS) is 14.5. The van der Waals surface area contributed by atoms with Gasteiger partial charge in [0, 0.05) is 21.2 Å². The predicted molar refractivity (Wildman–Crippen MR) is 161 cm³/mol. The number of rotatable bonds is 9. The minimum absolute atomic E-state index is 0.127. The maximum atomic E-state index is 13.6. The van der Waals surface area contributed by atoms with E-state index in [4.69, 9.17) is 32.7 Å². The molecule has 1 aliphatic rings. The standard InChI is InChI=1S/C32H26Cl2N2O5/c1-2-3-16-40-24-13-11-23(12-14-24)36-31(38)27(30(37)35-32(36)39)18-26-25-7-5-4-6-20(25)9-15-29(26)41-19-21-8-10-22(33)17-28(21)34/h4-15,17-18H,2-3,16,19H2,1H3,(H,35,37,39)/b27-18-. The maximum Gasteiger partial charge on any atom is 0.335 e. The molecule has 0 unspecified atom stereocenters. The molecule has 0 atom stereocenters. The molecule has 7 nitrogen and oxygen atoms in total. The second-order valence-electron chi connectivity index (χ2n) is 9.38. The molecular formula is C32H26Cl2N2O5. The van der Waals surface area contributed by atoms with Gasteiger partial charge >= 0.3 is 6.03 Å². The van der Waals surface area contributed by atoms with Crippen LogP contribution in [-0.4, -0.2) is 24.5 Å². The van der Waals surface area contributed by atoms with Crippen LogP contribution < -0.4 is 19.7 Å². The number of ether oxygens (including phenoxy) is 2. The Bertz CT molecular complexity index is 1670. The molecule has 1 fully saturated rings. The van der Waals surface area contributed by atoms with Gasteiger partial charge in [-0.05, 0) is 65.7 Å². The van der Waals surface area contributed by atoms with Gasteiger partial charge in [-0.25, -0.2) is 9.69 Å². The first kappa shape index (κ1) is 28.2. The Morgan fingerprint density at radius 1 is 0.902 bits per heavy atom. The van der Waals surface area contributed by atoms with Gasteiger partial charge in [0.05, 0.1) is 12.3 Å². The highest BCUT2D eigenvalue weighted by Crippen LogP contribution is 2.33. The van der Waals surface area contributed by atoms with Crippen LogP contribution in [0.4, 0.5) is 10.5 Å². The number of urea groups is 1. The number of nitrogens with one attached hydrogen (secondary N) is 1. The number of halogens is 2. The smallest absolute Gasteiger partial charge is 0.335 e. The van der Waals surface area contributed by atoms with Crippen LogP contribution >= 0.6 is 23.2 Å². The summed E-state index contributed by atoms with van der Waals surface area (Å²) in [7, 11) is 0. The lowest BCUT2D eigenvalue weighted by molar-refractivity contribution is -0.122. The first-order chi connectivity index (χ1) is 19.9. The zero-order valence-corrected chi connectivity index (χ0v) is 23.7. The van der Waals surface area contributed by atoms with E-state index < -0.39 is 17.8 Å². The minimum Gasteiger partial charge on any atom is -0.494 e. The van der Waals surface area contributed by atoms with Crippen molar-refractivity contribution in [3.8, 4) is 11.5 Å². The Kier molecular flexibility index (Phi) is 8.57. The lowest BCUT2D eigenvalue weighted by Crippen LogP contribution is -2.54. The number of barbiturate groups is 1. The van der Waals surface area contributed by atoms with Crippen molar-refractivity contribution in [2.24, 2.45) is 0 Å². The van der Waals surface area contributed by atoms with Crippen LogP contribution in [0.25, 0.3) is 16.8 Å². The molecule has 5 rings (SSSR count). The molecule has 4 amide bonds. The second-order valence-corrected chi connectivity index (χ2v) is 10.2. The van der Waals surface area contributed by atoms with Gasteiger partial charge in [-0.2, -0.15) is 0 Å². The SMILES string of the molecule is CCCCOc1ccc(N2C(=O)NC(=O)/C(=C/c3c(OCc4ccc(Cl)cc4Cl)ccc4ccccc34)C2=O)cc1. The van der Waals surface area contributed by atoms with Crippen LogP contribution in [0, 0.1) is 0 Å². The third-order valence-corrected chi connectivity index (χ3v) is 7.17. The fourth-order valence-corrected chi connectivity index (χ4v) is 4.87. The molecule has 4 aromatic carbocycles. The van der Waals surface area contributed by atoms with Crippen molar-refractivity contribution in [1.29, 1.82) is 0 Å². The number of anilines is 1. The largest absolute Gasteiger partial charge is 0.494 e. The van der Waals surface area contributed by atoms with E-state index in [0.717, 1.165) is 28.5 Å². The summed E-state index contributed by atoms with van der Waals surface area (Å²) in [5.41, 5.74) is 1.33. The summed E-state index contributed by atoms with van der Waals surface area (Å²) < 4.78 is 11.8. The molecule has 0 bridgehead atoms. The van der Waals surface area contributed by atoms with Crippen LogP contribution in [0.1, 0.15) is 30.9 Å². The molecular weight excluding hydrogens is 563 g/mol. The highest BCUT2D eigenvalue weighted by molar-refractivity contribution is 6.39. The molecule has 1 heterocycles. The van der Waals surface area contributed by atoms with E-state index in [-0.39, 0.29) is 12.2 Å². The molecule has 0 aliphatic carbocycles. The van der Waals surface area contributed by atoms with Gasteiger partial charge in [0.1, 0.15) is 23.7 Å². The zero-order chi connectivity index (χ0) is 28.9. The van der Waals surface area contributed by atoms with Gasteiger partial charge in [-0.15, -0.1) is 0 Å². The van der Waals surface area contributed by atoms with E-state index in [1.165, 1.54) is 6.08 Å². The van der Waals surface area contributed by atoms with E-state index in [1.807, 2.05) is 30.3 Å². The third-order valence-electron chi connectivity index (χ3n) is 6.58. The molecule has 0 saturated carbocycles. The molecule has 1 N–H and O–H groups in total. The lowest BCUT2D eigenvalue weighted by atomic mass is 9.99. The van der Waals surface area contributed by atoms with Crippen molar-refractivity contribution in [2.75, 3.05) is 11.5 Å². The van der Waals surface area contributed by atoms with E-state index in [1.54, 1.807) is 48.5 Å². The number of carbonyl (C=O) groups is 3. The Labute approximate surface area is 247 Å². The van der Waals surface area contributed by atoms with E-state index in [2.05, 4.69) is 12.2 Å². The van der Waals surface area contributed by atoms with Crippen molar-refractivity contribution in [3.05, 3.63) is 106 Å². The fourth-order valence-electron chi connectivity index (χ4n) is 4.41.